The van der Waals surface area contributed by atoms with E-state index < -0.39 is 86.8 Å². The van der Waals surface area contributed by atoms with Crippen LogP contribution < -0.4 is 5.32 Å². The van der Waals surface area contributed by atoms with Gasteiger partial charge in [0, 0.05) is 6.42 Å². The molecule has 2 rings (SSSR count). The van der Waals surface area contributed by atoms with Gasteiger partial charge in [0.1, 0.15) is 48.8 Å². The molecule has 0 radical (unpaired) electrons. The van der Waals surface area contributed by atoms with Gasteiger partial charge in [-0.15, -0.1) is 0 Å². The topological polar surface area (TPSA) is 228 Å². The molecule has 0 aliphatic carbocycles. The fraction of sp³-hybridized carbons (Fsp3) is 0.829. The van der Waals surface area contributed by atoms with E-state index in [0.717, 1.165) is 57.8 Å². The highest BCUT2D eigenvalue weighted by Crippen LogP contribution is 2.30. The van der Waals surface area contributed by atoms with Crippen molar-refractivity contribution in [1.29, 1.82) is 0 Å². The summed E-state index contributed by atoms with van der Waals surface area (Å²) in [4.78, 5) is 13.3. The molecule has 524 valence electrons. The lowest BCUT2D eigenvalue weighted by Crippen LogP contribution is -2.65. The van der Waals surface area contributed by atoms with Crippen LogP contribution in [0, 0.1) is 0 Å². The van der Waals surface area contributed by atoms with Gasteiger partial charge in [-0.3, -0.25) is 4.79 Å². The lowest BCUT2D eigenvalue weighted by atomic mass is 9.97. The summed E-state index contributed by atoms with van der Waals surface area (Å²) in [5.41, 5.74) is 0. The van der Waals surface area contributed by atoms with E-state index in [-0.39, 0.29) is 18.9 Å². The minimum atomic E-state index is -1.79. The van der Waals surface area contributed by atoms with Gasteiger partial charge >= 0.3 is 0 Å². The van der Waals surface area contributed by atoms with Crippen molar-refractivity contribution in [3.63, 3.8) is 0 Å². The zero-order valence-corrected chi connectivity index (χ0v) is 57.1. The molecule has 90 heavy (non-hydrogen) atoms. The lowest BCUT2D eigenvalue weighted by molar-refractivity contribution is -0.359. The van der Waals surface area contributed by atoms with E-state index >= 15 is 0 Å². The first-order valence-electron chi connectivity index (χ1n) is 37.2. The molecule has 0 spiro atoms. The largest absolute Gasteiger partial charge is 0.394 e. The summed E-state index contributed by atoms with van der Waals surface area (Å²) in [5.74, 6) is -0.245. The normalized spacial score (nSPS) is 23.3. The fourth-order valence-corrected chi connectivity index (χ4v) is 12.0. The SMILES string of the molecule is CC/C=C\C/C=C\C/C=C\C/C=C\CCCCCCCCCCCCCCCCCCCCCCCCCCCCCCC(=O)NC(COC1OC(CO)C(OC2OC(CO)C(O)C(O)C2O)C(O)C1O)C(O)/C=C/CC/C=C/CCCCCCCCCCC. The van der Waals surface area contributed by atoms with Crippen LogP contribution in [0.2, 0.25) is 0 Å². The van der Waals surface area contributed by atoms with Gasteiger partial charge in [-0.25, -0.2) is 0 Å². The van der Waals surface area contributed by atoms with E-state index in [2.05, 4.69) is 79.9 Å². The van der Waals surface area contributed by atoms with E-state index in [1.165, 1.54) is 218 Å². The molecule has 12 atom stereocenters. The summed E-state index contributed by atoms with van der Waals surface area (Å²) in [6.45, 7) is 2.69. The Morgan fingerprint density at radius 2 is 0.778 bits per heavy atom. The lowest BCUT2D eigenvalue weighted by Gasteiger charge is -2.46. The van der Waals surface area contributed by atoms with Gasteiger partial charge in [0.05, 0.1) is 32.0 Å². The summed E-state index contributed by atoms with van der Waals surface area (Å²) >= 11 is 0. The molecule has 0 bridgehead atoms. The number of carbonyl (C=O) groups is 1. The maximum absolute atomic E-state index is 13.3. The molecule has 0 aromatic carbocycles. The van der Waals surface area contributed by atoms with E-state index in [1.807, 2.05) is 6.08 Å². The third-order valence-electron chi connectivity index (χ3n) is 17.9. The average Bonchev–Trinajstić information content (AvgIpc) is 1.58. The number of rotatable bonds is 61. The summed E-state index contributed by atoms with van der Waals surface area (Å²) < 4.78 is 22.8. The van der Waals surface area contributed by atoms with E-state index in [1.54, 1.807) is 6.08 Å². The van der Waals surface area contributed by atoms with Gasteiger partial charge in [-0.05, 0) is 70.6 Å². The van der Waals surface area contributed by atoms with Crippen molar-refractivity contribution in [2.24, 2.45) is 0 Å². The van der Waals surface area contributed by atoms with Crippen LogP contribution in [0.15, 0.2) is 72.9 Å². The van der Waals surface area contributed by atoms with Crippen molar-refractivity contribution in [3.05, 3.63) is 72.9 Å². The van der Waals surface area contributed by atoms with Gasteiger partial charge < -0.3 is 65.1 Å². The van der Waals surface area contributed by atoms with E-state index in [4.69, 9.17) is 18.9 Å². The third-order valence-corrected chi connectivity index (χ3v) is 17.9. The number of unbranched alkanes of at least 4 members (excludes halogenated alkanes) is 38. The Morgan fingerprint density at radius 1 is 0.411 bits per heavy atom. The molecule has 2 aliphatic heterocycles. The third kappa shape index (κ3) is 43.4. The van der Waals surface area contributed by atoms with Crippen LogP contribution in [-0.4, -0.2) is 140 Å². The van der Waals surface area contributed by atoms with Gasteiger partial charge in [0.15, 0.2) is 12.6 Å². The Hall–Kier alpha value is -2.57. The van der Waals surface area contributed by atoms with Crippen LogP contribution in [0.3, 0.4) is 0 Å². The van der Waals surface area contributed by atoms with Gasteiger partial charge in [-0.2, -0.15) is 0 Å². The number of amides is 1. The Bertz CT molecular complexity index is 1790. The number of nitrogens with one attached hydrogen (secondary N) is 1. The smallest absolute Gasteiger partial charge is 0.220 e. The van der Waals surface area contributed by atoms with Gasteiger partial charge in [0.2, 0.25) is 5.91 Å². The second-order valence-corrected chi connectivity index (χ2v) is 26.0. The first-order chi connectivity index (χ1) is 44.1. The number of hydrogen-bond donors (Lipinski definition) is 9. The molecule has 1 amide bonds. The number of hydrogen-bond acceptors (Lipinski definition) is 13. The highest BCUT2D eigenvalue weighted by molar-refractivity contribution is 5.76. The first-order valence-corrected chi connectivity index (χ1v) is 37.2. The number of aliphatic hydroxyl groups is 8. The van der Waals surface area contributed by atoms with Crippen molar-refractivity contribution in [3.8, 4) is 0 Å². The van der Waals surface area contributed by atoms with Gasteiger partial charge in [0.25, 0.3) is 0 Å². The number of allylic oxidation sites excluding steroid dienone is 11. The van der Waals surface area contributed by atoms with Crippen LogP contribution in [0.5, 0.6) is 0 Å². The van der Waals surface area contributed by atoms with Crippen molar-refractivity contribution >= 4 is 5.91 Å². The quantitative estimate of drug-likeness (QED) is 0.0204. The molecular weight excluding hydrogens is 1130 g/mol. The predicted molar refractivity (Wildman–Crippen MR) is 369 cm³/mol. The number of aliphatic hydroxyl groups excluding tert-OH is 8. The summed E-state index contributed by atoms with van der Waals surface area (Å²) in [6.07, 6.45) is 65.7. The molecule has 0 aromatic heterocycles. The van der Waals surface area contributed by atoms with Crippen molar-refractivity contribution < 1.29 is 64.6 Å². The molecule has 0 saturated carbocycles. The predicted octanol–water partition coefficient (Wildman–Crippen LogP) is 15.8. The Balaban J connectivity index is 1.54. The second kappa shape index (κ2) is 60.1. The minimum absolute atomic E-state index is 0.245. The zero-order chi connectivity index (χ0) is 65.2. The van der Waals surface area contributed by atoms with E-state index in [0.29, 0.717) is 12.8 Å². The van der Waals surface area contributed by atoms with Crippen molar-refractivity contribution in [2.75, 3.05) is 19.8 Å². The molecule has 2 heterocycles. The monoisotopic (exact) mass is 1270 g/mol. The standard InChI is InChI=1S/C76H137NO13/c1-3-5-7-9-11-13-15-17-19-20-21-22-23-24-25-26-27-28-29-30-31-32-33-34-35-36-37-38-39-40-41-42-43-44-46-48-50-52-54-56-58-60-68(81)77-64(65(80)59-57-55-53-51-49-47-45-18-16-14-12-10-8-6-4-2)63-87-75-73(86)71(84)74(67(62-79)89-75)90-76-72(85)70(83)69(82)66(61-78)88-76/h5,7,11,13,17,19,21-22,49,51,57,59,64-67,69-76,78-80,82-86H,3-4,6,8-10,12,14-16,18,20,23-48,50,52-56,58,60-63H2,1-2H3,(H,77,81)/b7-5-,13-11-,19-17-,22-21-,51-49+,59-57+. The van der Waals surface area contributed by atoms with Gasteiger partial charge in [-0.1, -0.05) is 305 Å². The molecule has 2 fully saturated rings. The summed E-state index contributed by atoms with van der Waals surface area (Å²) in [7, 11) is 0. The molecule has 14 nitrogen and oxygen atoms in total. The van der Waals surface area contributed by atoms with Crippen LogP contribution in [-0.2, 0) is 23.7 Å². The van der Waals surface area contributed by atoms with E-state index in [9.17, 15) is 45.6 Å². The first kappa shape index (κ1) is 83.5. The van der Waals surface area contributed by atoms with Crippen LogP contribution in [0.1, 0.15) is 309 Å². The Labute approximate surface area is 548 Å². The van der Waals surface area contributed by atoms with Crippen LogP contribution in [0.4, 0.5) is 0 Å². The molecule has 0 aromatic rings. The number of ether oxygens (including phenoxy) is 4. The highest BCUT2D eigenvalue weighted by atomic mass is 16.7. The summed E-state index contributed by atoms with van der Waals surface area (Å²) in [5, 5.41) is 87.3. The molecule has 14 heteroatoms. The maximum atomic E-state index is 13.3. The van der Waals surface area contributed by atoms with Crippen LogP contribution in [0.25, 0.3) is 0 Å². The molecular formula is C76H137NO13. The van der Waals surface area contributed by atoms with Crippen molar-refractivity contribution in [1.82, 2.24) is 5.32 Å². The fourth-order valence-electron chi connectivity index (χ4n) is 12.0. The Morgan fingerprint density at radius 3 is 1.22 bits per heavy atom. The zero-order valence-electron chi connectivity index (χ0n) is 57.1. The maximum Gasteiger partial charge on any atom is 0.220 e. The molecule has 12 unspecified atom stereocenters. The molecule has 9 N–H and O–H groups in total. The van der Waals surface area contributed by atoms with Crippen molar-refractivity contribution in [2.45, 2.75) is 383 Å². The number of carbonyl (C=O) groups excluding carboxylic acids is 1. The average molecular weight is 1270 g/mol. The second-order valence-electron chi connectivity index (χ2n) is 26.0. The molecule has 2 saturated heterocycles. The highest BCUT2D eigenvalue weighted by Gasteiger charge is 2.51. The molecule has 2 aliphatic rings. The summed E-state index contributed by atoms with van der Waals surface area (Å²) in [6, 6.07) is -0.931. The van der Waals surface area contributed by atoms with Crippen LogP contribution >= 0.6 is 0 Å². The minimum Gasteiger partial charge on any atom is -0.394 e. The Kier molecular flexibility index (Phi) is 55.8.